The average Bonchev–Trinajstić information content (AvgIpc) is 3.24. The van der Waals surface area contributed by atoms with Crippen LogP contribution in [0.15, 0.2) is 45.7 Å². The minimum atomic E-state index is -0.821. The number of hydrogen-bond acceptors (Lipinski definition) is 7. The number of amides is 1. The van der Waals surface area contributed by atoms with Gasteiger partial charge in [-0.3, -0.25) is 19.0 Å². The Morgan fingerprint density at radius 1 is 1.19 bits per heavy atom. The zero-order valence-corrected chi connectivity index (χ0v) is 19.3. The minimum absolute atomic E-state index is 0.105. The van der Waals surface area contributed by atoms with Gasteiger partial charge in [0.15, 0.2) is 5.16 Å². The number of aliphatic carboxylic acids is 1. The predicted molar refractivity (Wildman–Crippen MR) is 127 cm³/mol. The van der Waals surface area contributed by atoms with E-state index in [1.165, 1.54) is 23.1 Å². The summed E-state index contributed by atoms with van der Waals surface area (Å²) in [5.41, 5.74) is 1.16. The number of rotatable bonds is 12. The van der Waals surface area contributed by atoms with Crippen LogP contribution in [-0.2, 0) is 16.1 Å². The second-order valence-corrected chi connectivity index (χ2v) is 8.84. The van der Waals surface area contributed by atoms with Gasteiger partial charge in [0.1, 0.15) is 10.4 Å². The van der Waals surface area contributed by atoms with Crippen LogP contribution in [0.25, 0.3) is 10.2 Å². The van der Waals surface area contributed by atoms with Crippen molar-refractivity contribution in [2.45, 2.75) is 44.3 Å². The molecule has 0 bridgehead atoms. The number of thiophene rings is 1. The first-order chi connectivity index (χ1) is 15.5. The highest BCUT2D eigenvalue weighted by molar-refractivity contribution is 7.99. The van der Waals surface area contributed by atoms with Gasteiger partial charge in [-0.15, -0.1) is 11.3 Å². The predicted octanol–water partition coefficient (Wildman–Crippen LogP) is 4.23. The van der Waals surface area contributed by atoms with Gasteiger partial charge >= 0.3 is 5.97 Å². The minimum Gasteiger partial charge on any atom is -0.494 e. The molecule has 0 atom stereocenters. The molecule has 0 spiro atoms. The summed E-state index contributed by atoms with van der Waals surface area (Å²) >= 11 is 2.56. The molecule has 170 valence electrons. The van der Waals surface area contributed by atoms with Crippen molar-refractivity contribution < 1.29 is 19.4 Å². The molecule has 32 heavy (non-hydrogen) atoms. The number of carbonyl (C=O) groups is 2. The highest BCUT2D eigenvalue weighted by Crippen LogP contribution is 2.22. The molecule has 2 aromatic heterocycles. The second-order valence-electron chi connectivity index (χ2n) is 6.98. The number of carboxylic acids is 1. The lowest BCUT2D eigenvalue weighted by Crippen LogP contribution is -2.23. The summed E-state index contributed by atoms with van der Waals surface area (Å²) in [6.45, 7) is 2.91. The summed E-state index contributed by atoms with van der Waals surface area (Å²) in [6, 6.07) is 8.93. The first kappa shape index (κ1) is 23.8. The fourth-order valence-corrected chi connectivity index (χ4v) is 4.69. The fraction of sp³-hybridized carbons (Fsp3) is 0.364. The summed E-state index contributed by atoms with van der Waals surface area (Å²) in [6.07, 6.45) is 2.04. The van der Waals surface area contributed by atoms with E-state index in [0.717, 1.165) is 5.75 Å². The Bertz CT molecular complexity index is 1120. The standard InChI is InChI=1S/C22H25N3O5S2/c1-2-30-16-9-7-15(8-10-16)23-18(26)14-32-22-24-17-11-13-31-20(17)21(29)25(22)12-5-3-4-6-19(27)28/h7-11,13H,2-6,12,14H2,1H3,(H,23,26)(H,27,28). The van der Waals surface area contributed by atoms with Crippen molar-refractivity contribution in [3.63, 3.8) is 0 Å². The zero-order valence-electron chi connectivity index (χ0n) is 17.7. The number of ether oxygens (including phenoxy) is 1. The van der Waals surface area contributed by atoms with Crippen LogP contribution in [0.3, 0.4) is 0 Å². The van der Waals surface area contributed by atoms with E-state index in [-0.39, 0.29) is 23.6 Å². The summed E-state index contributed by atoms with van der Waals surface area (Å²) in [7, 11) is 0. The maximum atomic E-state index is 12.9. The Morgan fingerprint density at radius 2 is 1.97 bits per heavy atom. The third-order valence-electron chi connectivity index (χ3n) is 4.58. The molecule has 0 radical (unpaired) electrons. The highest BCUT2D eigenvalue weighted by atomic mass is 32.2. The maximum Gasteiger partial charge on any atom is 0.303 e. The van der Waals surface area contributed by atoms with Crippen LogP contribution in [0, 0.1) is 0 Å². The Balaban J connectivity index is 1.65. The van der Waals surface area contributed by atoms with E-state index in [0.29, 0.717) is 53.5 Å². The molecule has 1 amide bonds. The zero-order chi connectivity index (χ0) is 22.9. The van der Waals surface area contributed by atoms with Crippen LogP contribution in [0.2, 0.25) is 0 Å². The number of carboxylic acid groups (broad SMARTS) is 1. The smallest absolute Gasteiger partial charge is 0.303 e. The lowest BCUT2D eigenvalue weighted by Gasteiger charge is -2.12. The largest absolute Gasteiger partial charge is 0.494 e. The number of carbonyl (C=O) groups excluding carboxylic acids is 1. The molecule has 0 unspecified atom stereocenters. The number of nitrogens with zero attached hydrogens (tertiary/aromatic N) is 2. The highest BCUT2D eigenvalue weighted by Gasteiger charge is 2.14. The normalized spacial score (nSPS) is 10.9. The van der Waals surface area contributed by atoms with E-state index < -0.39 is 5.97 Å². The van der Waals surface area contributed by atoms with Crippen molar-refractivity contribution in [2.24, 2.45) is 0 Å². The molecule has 0 aliphatic rings. The third kappa shape index (κ3) is 6.57. The first-order valence-electron chi connectivity index (χ1n) is 10.3. The molecule has 2 N–H and O–H groups in total. The molecule has 3 rings (SSSR count). The Labute approximate surface area is 193 Å². The summed E-state index contributed by atoms with van der Waals surface area (Å²) in [5.74, 6) is -0.181. The van der Waals surface area contributed by atoms with Gasteiger partial charge in [-0.1, -0.05) is 18.2 Å². The van der Waals surface area contributed by atoms with Crippen LogP contribution in [0.1, 0.15) is 32.6 Å². The maximum absolute atomic E-state index is 12.9. The van der Waals surface area contributed by atoms with E-state index in [4.69, 9.17) is 9.84 Å². The summed E-state index contributed by atoms with van der Waals surface area (Å²) in [4.78, 5) is 40.6. The van der Waals surface area contributed by atoms with Crippen molar-refractivity contribution in [2.75, 3.05) is 17.7 Å². The Kier molecular flexibility index (Phi) is 8.69. The molecule has 8 nitrogen and oxygen atoms in total. The topological polar surface area (TPSA) is 111 Å². The van der Waals surface area contributed by atoms with Crippen molar-refractivity contribution in [1.82, 2.24) is 9.55 Å². The second kappa shape index (κ2) is 11.7. The number of thioether (sulfide) groups is 1. The van der Waals surface area contributed by atoms with Gasteiger partial charge in [-0.2, -0.15) is 0 Å². The van der Waals surface area contributed by atoms with Gasteiger partial charge in [0.25, 0.3) is 5.56 Å². The van der Waals surface area contributed by atoms with Crippen LogP contribution in [0.4, 0.5) is 5.69 Å². The molecule has 3 aromatic rings. The van der Waals surface area contributed by atoms with Crippen LogP contribution >= 0.6 is 23.1 Å². The number of unbranched alkanes of at least 4 members (excludes halogenated alkanes) is 2. The molecule has 0 saturated heterocycles. The third-order valence-corrected chi connectivity index (χ3v) is 6.45. The van der Waals surface area contributed by atoms with Crippen LogP contribution in [0.5, 0.6) is 5.75 Å². The molecule has 0 aliphatic heterocycles. The van der Waals surface area contributed by atoms with Gasteiger partial charge < -0.3 is 15.2 Å². The molecular weight excluding hydrogens is 450 g/mol. The number of anilines is 1. The van der Waals surface area contributed by atoms with E-state index in [1.54, 1.807) is 34.9 Å². The van der Waals surface area contributed by atoms with Crippen molar-refractivity contribution in [3.8, 4) is 5.75 Å². The summed E-state index contributed by atoms with van der Waals surface area (Å²) in [5, 5.41) is 13.9. The quantitative estimate of drug-likeness (QED) is 0.229. The fourth-order valence-electron chi connectivity index (χ4n) is 3.08. The molecule has 0 fully saturated rings. The lowest BCUT2D eigenvalue weighted by molar-refractivity contribution is -0.137. The number of fused-ring (bicyclic) bond motifs is 1. The number of aromatic nitrogens is 2. The van der Waals surface area contributed by atoms with E-state index in [1.807, 2.05) is 12.3 Å². The van der Waals surface area contributed by atoms with Crippen molar-refractivity contribution in [3.05, 3.63) is 46.1 Å². The molecule has 0 aliphatic carbocycles. The molecular formula is C22H25N3O5S2. The Hall–Kier alpha value is -2.85. The average molecular weight is 476 g/mol. The van der Waals surface area contributed by atoms with Gasteiger partial charge in [-0.05, 0) is 55.5 Å². The number of benzene rings is 1. The van der Waals surface area contributed by atoms with Gasteiger partial charge in [0.05, 0.1) is 17.9 Å². The van der Waals surface area contributed by atoms with E-state index >= 15 is 0 Å². The van der Waals surface area contributed by atoms with Gasteiger partial charge in [0.2, 0.25) is 5.91 Å². The van der Waals surface area contributed by atoms with Crippen LogP contribution in [-0.4, -0.2) is 38.9 Å². The Morgan fingerprint density at radius 3 is 2.69 bits per heavy atom. The molecule has 1 aromatic carbocycles. The van der Waals surface area contributed by atoms with Gasteiger partial charge in [-0.25, -0.2) is 4.98 Å². The summed E-state index contributed by atoms with van der Waals surface area (Å²) < 4.78 is 7.57. The SMILES string of the molecule is CCOc1ccc(NC(=O)CSc2nc3ccsc3c(=O)n2CCCCCC(=O)O)cc1. The molecule has 0 saturated carbocycles. The van der Waals surface area contributed by atoms with Crippen molar-refractivity contribution in [1.29, 1.82) is 0 Å². The molecule has 2 heterocycles. The van der Waals surface area contributed by atoms with E-state index in [9.17, 15) is 14.4 Å². The lowest BCUT2D eigenvalue weighted by atomic mass is 10.2. The van der Waals surface area contributed by atoms with E-state index in [2.05, 4.69) is 10.3 Å². The van der Waals surface area contributed by atoms with Crippen LogP contribution < -0.4 is 15.6 Å². The first-order valence-corrected chi connectivity index (χ1v) is 12.2. The number of hydrogen-bond donors (Lipinski definition) is 2. The van der Waals surface area contributed by atoms with Gasteiger partial charge in [0, 0.05) is 18.7 Å². The monoisotopic (exact) mass is 475 g/mol. The number of nitrogens with one attached hydrogen (secondary N) is 1. The molecule has 10 heteroatoms. The van der Waals surface area contributed by atoms with Crippen molar-refractivity contribution >= 4 is 50.9 Å².